The zero-order chi connectivity index (χ0) is 12.4. The summed E-state index contributed by atoms with van der Waals surface area (Å²) < 4.78 is 18.3. The lowest BCUT2D eigenvalue weighted by molar-refractivity contribution is 0.386. The molecule has 0 spiro atoms. The minimum Gasteiger partial charge on any atom is -0.494 e. The SMILES string of the molecule is COc1ccc(Cc2c(C)[nH][nH]c2=O)cc1F. The van der Waals surface area contributed by atoms with Crippen molar-refractivity contribution in [1.82, 2.24) is 10.2 Å². The van der Waals surface area contributed by atoms with E-state index < -0.39 is 5.82 Å². The number of methoxy groups -OCH3 is 1. The van der Waals surface area contributed by atoms with Gasteiger partial charge in [-0.05, 0) is 24.6 Å². The van der Waals surface area contributed by atoms with E-state index in [1.165, 1.54) is 13.2 Å². The van der Waals surface area contributed by atoms with Crippen LogP contribution in [0, 0.1) is 12.7 Å². The van der Waals surface area contributed by atoms with Crippen LogP contribution in [0.4, 0.5) is 4.39 Å². The molecule has 1 aromatic carbocycles. The minimum absolute atomic E-state index is 0.168. The molecule has 90 valence electrons. The van der Waals surface area contributed by atoms with E-state index >= 15 is 0 Å². The van der Waals surface area contributed by atoms with Crippen LogP contribution < -0.4 is 10.3 Å². The number of rotatable bonds is 3. The molecule has 0 aliphatic carbocycles. The molecule has 17 heavy (non-hydrogen) atoms. The molecule has 0 saturated heterocycles. The van der Waals surface area contributed by atoms with Gasteiger partial charge in [-0.1, -0.05) is 6.07 Å². The van der Waals surface area contributed by atoms with Crippen molar-refractivity contribution in [2.75, 3.05) is 7.11 Å². The smallest absolute Gasteiger partial charge is 0.267 e. The highest BCUT2D eigenvalue weighted by atomic mass is 19.1. The fourth-order valence-corrected chi connectivity index (χ4v) is 1.71. The van der Waals surface area contributed by atoms with Gasteiger partial charge in [-0.3, -0.25) is 9.89 Å². The molecule has 1 heterocycles. The standard InChI is InChI=1S/C12H13FN2O2/c1-7-9(12(16)15-14-7)5-8-3-4-11(17-2)10(13)6-8/h3-4,6H,5H2,1-2H3,(H2,14,15,16). The van der Waals surface area contributed by atoms with Crippen LogP contribution in [0.3, 0.4) is 0 Å². The van der Waals surface area contributed by atoms with Crippen LogP contribution in [-0.4, -0.2) is 17.3 Å². The Morgan fingerprint density at radius 2 is 2.12 bits per heavy atom. The molecular formula is C12H13FN2O2. The lowest BCUT2D eigenvalue weighted by atomic mass is 10.1. The van der Waals surface area contributed by atoms with E-state index in [1.54, 1.807) is 19.1 Å². The number of ether oxygens (including phenoxy) is 1. The average Bonchev–Trinajstić information content (AvgIpc) is 2.61. The van der Waals surface area contributed by atoms with E-state index in [9.17, 15) is 9.18 Å². The second-order valence-corrected chi connectivity index (χ2v) is 3.83. The van der Waals surface area contributed by atoms with E-state index in [-0.39, 0.29) is 11.3 Å². The average molecular weight is 236 g/mol. The number of hydrogen-bond acceptors (Lipinski definition) is 2. The molecule has 2 rings (SSSR count). The molecule has 0 fully saturated rings. The summed E-state index contributed by atoms with van der Waals surface area (Å²) >= 11 is 0. The van der Waals surface area contributed by atoms with E-state index in [1.807, 2.05) is 0 Å². The molecule has 5 heteroatoms. The Bertz CT molecular complexity index is 586. The summed E-state index contributed by atoms with van der Waals surface area (Å²) in [5, 5.41) is 5.23. The molecule has 0 saturated carbocycles. The fraction of sp³-hybridized carbons (Fsp3) is 0.250. The normalized spacial score (nSPS) is 10.5. The second-order valence-electron chi connectivity index (χ2n) is 3.83. The highest BCUT2D eigenvalue weighted by molar-refractivity contribution is 5.33. The molecule has 0 unspecified atom stereocenters. The maximum atomic E-state index is 13.5. The van der Waals surface area contributed by atoms with Crippen LogP contribution in [-0.2, 0) is 6.42 Å². The summed E-state index contributed by atoms with van der Waals surface area (Å²) in [7, 11) is 1.42. The molecule has 2 aromatic rings. The summed E-state index contributed by atoms with van der Waals surface area (Å²) in [5.41, 5.74) is 1.95. The van der Waals surface area contributed by atoms with Crippen LogP contribution in [0.5, 0.6) is 5.75 Å². The second kappa shape index (κ2) is 4.45. The van der Waals surface area contributed by atoms with Crippen molar-refractivity contribution < 1.29 is 9.13 Å². The Hall–Kier alpha value is -2.04. The van der Waals surface area contributed by atoms with Crippen LogP contribution in [0.15, 0.2) is 23.0 Å². The molecule has 0 bridgehead atoms. The van der Waals surface area contributed by atoms with Crippen molar-refractivity contribution in [3.8, 4) is 5.75 Å². The van der Waals surface area contributed by atoms with Gasteiger partial charge >= 0.3 is 0 Å². The molecule has 0 aliphatic rings. The van der Waals surface area contributed by atoms with E-state index in [4.69, 9.17) is 4.74 Å². The predicted molar refractivity (Wildman–Crippen MR) is 61.9 cm³/mol. The number of aromatic nitrogens is 2. The first-order chi connectivity index (χ1) is 8.11. The van der Waals surface area contributed by atoms with Crippen molar-refractivity contribution in [1.29, 1.82) is 0 Å². The van der Waals surface area contributed by atoms with Crippen molar-refractivity contribution >= 4 is 0 Å². The van der Waals surface area contributed by atoms with Crippen LogP contribution >= 0.6 is 0 Å². The zero-order valence-electron chi connectivity index (χ0n) is 9.63. The number of nitrogens with one attached hydrogen (secondary N) is 2. The van der Waals surface area contributed by atoms with Gasteiger partial charge in [0, 0.05) is 17.7 Å². The van der Waals surface area contributed by atoms with Crippen LogP contribution in [0.1, 0.15) is 16.8 Å². The maximum Gasteiger partial charge on any atom is 0.267 e. The Morgan fingerprint density at radius 1 is 1.35 bits per heavy atom. The molecule has 4 nitrogen and oxygen atoms in total. The van der Waals surface area contributed by atoms with Gasteiger partial charge in [-0.2, -0.15) is 0 Å². The van der Waals surface area contributed by atoms with E-state index in [2.05, 4.69) is 10.2 Å². The summed E-state index contributed by atoms with van der Waals surface area (Å²) in [6.45, 7) is 1.80. The van der Waals surface area contributed by atoms with Crippen LogP contribution in [0.2, 0.25) is 0 Å². The van der Waals surface area contributed by atoms with Crippen molar-refractivity contribution in [3.05, 3.63) is 51.2 Å². The number of H-pyrrole nitrogens is 2. The lowest BCUT2D eigenvalue weighted by Gasteiger charge is -2.04. The van der Waals surface area contributed by atoms with Crippen molar-refractivity contribution in [2.45, 2.75) is 13.3 Å². The highest BCUT2D eigenvalue weighted by Gasteiger charge is 2.09. The number of halogens is 1. The summed E-state index contributed by atoms with van der Waals surface area (Å²) in [4.78, 5) is 11.4. The van der Waals surface area contributed by atoms with Gasteiger partial charge in [0.05, 0.1) is 7.11 Å². The van der Waals surface area contributed by atoms with E-state index in [0.717, 1.165) is 11.3 Å². The Balaban J connectivity index is 2.31. The first kappa shape index (κ1) is 11.4. The van der Waals surface area contributed by atoms with Crippen molar-refractivity contribution in [2.24, 2.45) is 0 Å². The zero-order valence-corrected chi connectivity index (χ0v) is 9.63. The third-order valence-corrected chi connectivity index (χ3v) is 2.69. The molecule has 0 aliphatic heterocycles. The van der Waals surface area contributed by atoms with Gasteiger partial charge in [0.1, 0.15) is 0 Å². The van der Waals surface area contributed by atoms with E-state index in [0.29, 0.717) is 12.0 Å². The number of benzene rings is 1. The molecular weight excluding hydrogens is 223 g/mol. The minimum atomic E-state index is -0.422. The van der Waals surface area contributed by atoms with Gasteiger partial charge in [0.2, 0.25) is 0 Å². The van der Waals surface area contributed by atoms with Crippen molar-refractivity contribution in [3.63, 3.8) is 0 Å². The largest absolute Gasteiger partial charge is 0.494 e. The molecule has 2 N–H and O–H groups in total. The maximum absolute atomic E-state index is 13.5. The molecule has 0 radical (unpaired) electrons. The molecule has 0 atom stereocenters. The Morgan fingerprint density at radius 3 is 2.65 bits per heavy atom. The Labute approximate surface area is 97.4 Å². The predicted octanol–water partition coefficient (Wildman–Crippen LogP) is 1.75. The van der Waals surface area contributed by atoms with Gasteiger partial charge in [-0.25, -0.2) is 4.39 Å². The highest BCUT2D eigenvalue weighted by Crippen LogP contribution is 2.19. The number of hydrogen-bond donors (Lipinski definition) is 2. The fourth-order valence-electron chi connectivity index (χ4n) is 1.71. The van der Waals surface area contributed by atoms with Crippen LogP contribution in [0.25, 0.3) is 0 Å². The third-order valence-electron chi connectivity index (χ3n) is 2.69. The molecule has 0 amide bonds. The Kier molecular flexibility index (Phi) is 2.99. The first-order valence-electron chi connectivity index (χ1n) is 5.20. The summed E-state index contributed by atoms with van der Waals surface area (Å²) in [5.74, 6) is -0.219. The molecule has 1 aromatic heterocycles. The monoisotopic (exact) mass is 236 g/mol. The number of aryl methyl sites for hydroxylation is 1. The first-order valence-corrected chi connectivity index (χ1v) is 5.20. The third kappa shape index (κ3) is 2.22. The lowest BCUT2D eigenvalue weighted by Crippen LogP contribution is -2.07. The summed E-state index contributed by atoms with van der Waals surface area (Å²) in [6.07, 6.45) is 0.394. The topological polar surface area (TPSA) is 57.9 Å². The van der Waals surface area contributed by atoms with Gasteiger partial charge in [-0.15, -0.1) is 0 Å². The van der Waals surface area contributed by atoms with Gasteiger partial charge in [0.25, 0.3) is 5.56 Å². The van der Waals surface area contributed by atoms with Gasteiger partial charge in [0.15, 0.2) is 11.6 Å². The quantitative estimate of drug-likeness (QED) is 0.853. The van der Waals surface area contributed by atoms with Gasteiger partial charge < -0.3 is 9.84 Å². The number of aromatic amines is 2. The summed E-state index contributed by atoms with van der Waals surface area (Å²) in [6, 6.07) is 4.68.